The Balaban J connectivity index is 1.77. The summed E-state index contributed by atoms with van der Waals surface area (Å²) in [7, 11) is 0. The summed E-state index contributed by atoms with van der Waals surface area (Å²) in [5, 5.41) is 4.04. The van der Waals surface area contributed by atoms with Crippen molar-refractivity contribution in [3.8, 4) is 5.69 Å². The summed E-state index contributed by atoms with van der Waals surface area (Å²) in [6, 6.07) is 13.7. The van der Waals surface area contributed by atoms with E-state index in [2.05, 4.69) is 10.1 Å². The van der Waals surface area contributed by atoms with E-state index in [1.807, 2.05) is 0 Å². The van der Waals surface area contributed by atoms with E-state index in [1.54, 1.807) is 31.2 Å². The molecule has 0 N–H and O–H groups in total. The quantitative estimate of drug-likeness (QED) is 0.506. The van der Waals surface area contributed by atoms with Crippen LogP contribution in [0, 0.1) is 12.7 Å². The molecule has 2 heterocycles. The zero-order valence-electron chi connectivity index (χ0n) is 14.8. The third-order valence-electron chi connectivity index (χ3n) is 4.09. The predicted octanol–water partition coefficient (Wildman–Crippen LogP) is 3.18. The third-order valence-corrected chi connectivity index (χ3v) is 4.09. The Hall–Kier alpha value is -3.81. The fraction of sp³-hybridized carbons (Fsp3) is 0.100. The molecule has 0 saturated carbocycles. The van der Waals surface area contributed by atoms with Crippen LogP contribution < -0.4 is 5.56 Å². The molecule has 8 heteroatoms. The molecule has 140 valence electrons. The van der Waals surface area contributed by atoms with Crippen LogP contribution in [0.15, 0.2) is 63.9 Å². The second-order valence-electron chi connectivity index (χ2n) is 6.07. The molecule has 2 aromatic carbocycles. The number of hydrogen-bond acceptors (Lipinski definition) is 6. The third kappa shape index (κ3) is 3.27. The minimum absolute atomic E-state index is 0.0473. The van der Waals surface area contributed by atoms with Crippen LogP contribution in [0.1, 0.15) is 22.1 Å². The Morgan fingerprint density at radius 1 is 1.18 bits per heavy atom. The van der Waals surface area contributed by atoms with Gasteiger partial charge in [-0.1, -0.05) is 17.3 Å². The molecule has 0 saturated heterocycles. The van der Waals surface area contributed by atoms with Crippen LogP contribution in [0.2, 0.25) is 0 Å². The van der Waals surface area contributed by atoms with E-state index < -0.39 is 11.8 Å². The van der Waals surface area contributed by atoms with Gasteiger partial charge in [0.25, 0.3) is 5.56 Å². The number of rotatable bonds is 4. The minimum atomic E-state index is -0.728. The first-order valence-corrected chi connectivity index (χ1v) is 8.40. The number of esters is 1. The zero-order chi connectivity index (χ0) is 19.7. The second kappa shape index (κ2) is 7.07. The molecule has 0 spiro atoms. The number of halogens is 1. The first-order valence-electron chi connectivity index (χ1n) is 8.40. The van der Waals surface area contributed by atoms with Crippen LogP contribution in [-0.2, 0) is 11.3 Å². The van der Waals surface area contributed by atoms with Gasteiger partial charge in [-0.05, 0) is 43.3 Å². The van der Waals surface area contributed by atoms with Gasteiger partial charge in [0.05, 0.1) is 22.3 Å². The maximum atomic E-state index is 13.3. The molecule has 0 amide bonds. The normalized spacial score (nSPS) is 10.9. The van der Waals surface area contributed by atoms with Gasteiger partial charge in [-0.15, -0.1) is 0 Å². The molecule has 0 aliphatic rings. The molecule has 7 nitrogen and oxygen atoms in total. The van der Waals surface area contributed by atoms with E-state index in [0.29, 0.717) is 22.3 Å². The average molecular weight is 379 g/mol. The maximum Gasteiger partial charge on any atom is 0.377 e. The highest BCUT2D eigenvalue weighted by Crippen LogP contribution is 2.15. The summed E-state index contributed by atoms with van der Waals surface area (Å²) in [6.45, 7) is 1.40. The number of fused-ring (bicyclic) bond motifs is 1. The van der Waals surface area contributed by atoms with Gasteiger partial charge in [-0.25, -0.2) is 14.2 Å². The monoisotopic (exact) mass is 379 g/mol. The maximum absolute atomic E-state index is 13.3. The largest absolute Gasteiger partial charge is 0.452 e. The van der Waals surface area contributed by atoms with E-state index in [0.717, 1.165) is 0 Å². The van der Waals surface area contributed by atoms with Gasteiger partial charge in [0.1, 0.15) is 5.82 Å². The van der Waals surface area contributed by atoms with Crippen LogP contribution in [0.5, 0.6) is 0 Å². The Morgan fingerprint density at radius 3 is 2.64 bits per heavy atom. The highest BCUT2D eigenvalue weighted by Gasteiger charge is 2.17. The van der Waals surface area contributed by atoms with Crippen molar-refractivity contribution >= 4 is 16.9 Å². The molecule has 2 aromatic heterocycles. The number of para-hydroxylation sites is 1. The van der Waals surface area contributed by atoms with Crippen LogP contribution in [0.4, 0.5) is 4.39 Å². The summed E-state index contributed by atoms with van der Waals surface area (Å²) < 4.78 is 24.7. The molecule has 0 bridgehead atoms. The molecule has 28 heavy (non-hydrogen) atoms. The van der Waals surface area contributed by atoms with Crippen molar-refractivity contribution in [1.29, 1.82) is 0 Å². The minimum Gasteiger partial charge on any atom is -0.452 e. The second-order valence-corrected chi connectivity index (χ2v) is 6.07. The number of aromatic nitrogens is 3. The predicted molar refractivity (Wildman–Crippen MR) is 97.7 cm³/mol. The lowest BCUT2D eigenvalue weighted by Gasteiger charge is -2.13. The van der Waals surface area contributed by atoms with Crippen molar-refractivity contribution < 1.29 is 18.4 Å². The van der Waals surface area contributed by atoms with Gasteiger partial charge >= 0.3 is 5.97 Å². The number of aryl methyl sites for hydroxylation is 1. The lowest BCUT2D eigenvalue weighted by Crippen LogP contribution is -2.25. The Kier molecular flexibility index (Phi) is 4.44. The van der Waals surface area contributed by atoms with Gasteiger partial charge in [0.2, 0.25) is 5.76 Å². The van der Waals surface area contributed by atoms with E-state index in [9.17, 15) is 14.0 Å². The van der Waals surface area contributed by atoms with Crippen LogP contribution in [-0.4, -0.2) is 20.7 Å². The fourth-order valence-corrected chi connectivity index (χ4v) is 2.79. The van der Waals surface area contributed by atoms with Crippen molar-refractivity contribution in [1.82, 2.24) is 14.7 Å². The average Bonchev–Trinajstić information content (AvgIpc) is 3.14. The van der Waals surface area contributed by atoms with Crippen LogP contribution in [0.3, 0.4) is 0 Å². The summed E-state index contributed by atoms with van der Waals surface area (Å²) in [4.78, 5) is 29.6. The van der Waals surface area contributed by atoms with Crippen molar-refractivity contribution in [3.05, 3.63) is 88.0 Å². The molecule has 0 fully saturated rings. The van der Waals surface area contributed by atoms with Gasteiger partial charge in [-0.3, -0.25) is 9.36 Å². The molecule has 4 rings (SSSR count). The Labute approximate surface area is 158 Å². The highest BCUT2D eigenvalue weighted by molar-refractivity contribution is 5.86. The van der Waals surface area contributed by atoms with E-state index in [-0.39, 0.29) is 23.8 Å². The van der Waals surface area contributed by atoms with Crippen molar-refractivity contribution in [2.24, 2.45) is 0 Å². The van der Waals surface area contributed by atoms with E-state index >= 15 is 0 Å². The number of benzene rings is 2. The van der Waals surface area contributed by atoms with Crippen LogP contribution in [0.25, 0.3) is 16.6 Å². The van der Waals surface area contributed by atoms with Crippen molar-refractivity contribution in [2.75, 3.05) is 0 Å². The fourth-order valence-electron chi connectivity index (χ4n) is 2.79. The molecule has 0 aliphatic carbocycles. The van der Waals surface area contributed by atoms with Crippen LogP contribution >= 0.6 is 0 Å². The van der Waals surface area contributed by atoms with E-state index in [1.165, 1.54) is 34.9 Å². The summed E-state index contributed by atoms with van der Waals surface area (Å²) in [5.41, 5.74) is 1.07. The van der Waals surface area contributed by atoms with Gasteiger partial charge in [0.15, 0.2) is 12.4 Å². The lowest BCUT2D eigenvalue weighted by molar-refractivity contribution is 0.0412. The first kappa shape index (κ1) is 17.6. The molecular formula is C20H14FN3O4. The van der Waals surface area contributed by atoms with E-state index in [4.69, 9.17) is 9.26 Å². The number of carbonyl (C=O) groups is 1. The summed E-state index contributed by atoms with van der Waals surface area (Å²) in [5.74, 6) is -1.01. The highest BCUT2D eigenvalue weighted by atomic mass is 19.1. The summed E-state index contributed by atoms with van der Waals surface area (Å²) in [6.07, 6.45) is 0. The lowest BCUT2D eigenvalue weighted by atomic mass is 10.2. The van der Waals surface area contributed by atoms with Gasteiger partial charge in [0, 0.05) is 6.07 Å². The molecule has 0 unspecified atom stereocenters. The van der Waals surface area contributed by atoms with Crippen molar-refractivity contribution in [3.63, 3.8) is 0 Å². The van der Waals surface area contributed by atoms with Gasteiger partial charge < -0.3 is 9.26 Å². The molecule has 0 radical (unpaired) electrons. The zero-order valence-corrected chi connectivity index (χ0v) is 14.8. The number of nitrogens with zero attached hydrogens (tertiary/aromatic N) is 3. The smallest absolute Gasteiger partial charge is 0.377 e. The molecular weight excluding hydrogens is 365 g/mol. The molecule has 0 aliphatic heterocycles. The molecule has 4 aromatic rings. The molecule has 0 atom stereocenters. The summed E-state index contributed by atoms with van der Waals surface area (Å²) >= 11 is 0. The van der Waals surface area contributed by atoms with Crippen molar-refractivity contribution in [2.45, 2.75) is 13.5 Å². The van der Waals surface area contributed by atoms with Gasteiger partial charge in [-0.2, -0.15) is 0 Å². The Bertz CT molecular complexity index is 1230. The standard InChI is InChI=1S/C20H14FN3O4/c1-12-10-17(28-23-12)20(26)27-11-18-22-16-5-3-2-4-15(16)19(25)24(18)14-8-6-13(21)7-9-14/h2-10H,11H2,1H3. The number of carbonyl (C=O) groups excluding carboxylic acids is 1. The first-order chi connectivity index (χ1) is 13.5. The SMILES string of the molecule is Cc1cc(C(=O)OCc2nc3ccccc3c(=O)n2-c2ccc(F)cc2)on1. The topological polar surface area (TPSA) is 87.2 Å². The number of hydrogen-bond donors (Lipinski definition) is 0. The number of ether oxygens (including phenoxy) is 1. The Morgan fingerprint density at radius 2 is 1.93 bits per heavy atom.